The molecule has 1 N–H and O–H groups in total. The lowest BCUT2D eigenvalue weighted by atomic mass is 9.65. The quantitative estimate of drug-likeness (QED) is 0.804. The van der Waals surface area contributed by atoms with E-state index in [1.165, 1.54) is 19.3 Å². The van der Waals surface area contributed by atoms with Gasteiger partial charge in [-0.3, -0.25) is 9.69 Å². The molecule has 2 aliphatic rings. The highest BCUT2D eigenvalue weighted by atomic mass is 16.4. The normalized spacial score (nSPS) is 32.2. The van der Waals surface area contributed by atoms with E-state index in [-0.39, 0.29) is 12.0 Å². The second kappa shape index (κ2) is 6.28. The molecule has 0 aromatic carbocycles. The van der Waals surface area contributed by atoms with Gasteiger partial charge in [-0.2, -0.15) is 0 Å². The average Bonchev–Trinajstić information content (AvgIpc) is 3.29. The summed E-state index contributed by atoms with van der Waals surface area (Å²) in [5.74, 6) is 0.670. The molecule has 2 fully saturated rings. The number of rotatable bonds is 6. The molecule has 0 heterocycles. The van der Waals surface area contributed by atoms with Gasteiger partial charge < -0.3 is 5.11 Å². The van der Waals surface area contributed by atoms with Crippen LogP contribution in [0.2, 0.25) is 0 Å². The fourth-order valence-electron chi connectivity index (χ4n) is 4.10. The van der Waals surface area contributed by atoms with Gasteiger partial charge in [0.1, 0.15) is 0 Å². The van der Waals surface area contributed by atoms with Crippen molar-refractivity contribution in [3.63, 3.8) is 0 Å². The van der Waals surface area contributed by atoms with E-state index in [0.717, 1.165) is 25.2 Å². The van der Waals surface area contributed by atoms with Gasteiger partial charge in [-0.1, -0.05) is 27.2 Å². The fourth-order valence-corrected chi connectivity index (χ4v) is 4.10. The highest BCUT2D eigenvalue weighted by Crippen LogP contribution is 2.45. The van der Waals surface area contributed by atoms with Gasteiger partial charge in [0.25, 0.3) is 0 Å². The molecule has 0 bridgehead atoms. The molecule has 4 unspecified atom stereocenters. The zero-order valence-corrected chi connectivity index (χ0v) is 14.4. The molecular formula is C18H33NO2. The minimum Gasteiger partial charge on any atom is -0.481 e. The first-order valence-electron chi connectivity index (χ1n) is 8.72. The monoisotopic (exact) mass is 295 g/mol. The van der Waals surface area contributed by atoms with Crippen molar-refractivity contribution in [3.05, 3.63) is 0 Å². The molecule has 0 aromatic rings. The number of aliphatic carboxylic acids is 1. The van der Waals surface area contributed by atoms with Crippen LogP contribution < -0.4 is 0 Å². The van der Waals surface area contributed by atoms with E-state index in [4.69, 9.17) is 0 Å². The molecule has 3 heteroatoms. The zero-order chi connectivity index (χ0) is 15.8. The first-order chi connectivity index (χ1) is 9.77. The van der Waals surface area contributed by atoms with Crippen LogP contribution in [-0.4, -0.2) is 35.1 Å². The Balaban J connectivity index is 2.12. The Labute approximate surface area is 130 Å². The summed E-state index contributed by atoms with van der Waals surface area (Å²) in [4.78, 5) is 14.1. The molecule has 0 radical (unpaired) electrons. The van der Waals surface area contributed by atoms with Crippen LogP contribution in [0.25, 0.3) is 0 Å². The third kappa shape index (κ3) is 3.61. The summed E-state index contributed by atoms with van der Waals surface area (Å²) in [6, 6.07) is 0.739. The molecule has 0 aromatic heterocycles. The van der Waals surface area contributed by atoms with E-state index >= 15 is 0 Å². The predicted molar refractivity (Wildman–Crippen MR) is 86.3 cm³/mol. The Morgan fingerprint density at radius 3 is 2.38 bits per heavy atom. The summed E-state index contributed by atoms with van der Waals surface area (Å²) in [6.07, 6.45) is 6.77. The standard InChI is InChI=1S/C18H33NO2/c1-6-18(3,4)14-9-10-15(17(20)21)16(11-14)19(5)12(2)13-7-8-13/h12-16H,6-11H2,1-5H3,(H,20,21). The van der Waals surface area contributed by atoms with E-state index in [2.05, 4.69) is 39.6 Å². The molecule has 0 spiro atoms. The Morgan fingerprint density at radius 1 is 1.29 bits per heavy atom. The number of nitrogens with zero attached hydrogens (tertiary/aromatic N) is 1. The van der Waals surface area contributed by atoms with Crippen LogP contribution in [0, 0.1) is 23.2 Å². The maximum Gasteiger partial charge on any atom is 0.308 e. The van der Waals surface area contributed by atoms with Gasteiger partial charge in [0.2, 0.25) is 0 Å². The van der Waals surface area contributed by atoms with Crippen LogP contribution in [0.3, 0.4) is 0 Å². The lowest BCUT2D eigenvalue weighted by Crippen LogP contribution is -2.51. The van der Waals surface area contributed by atoms with E-state index in [1.807, 2.05) is 0 Å². The van der Waals surface area contributed by atoms with Crippen molar-refractivity contribution in [3.8, 4) is 0 Å². The number of hydrogen-bond donors (Lipinski definition) is 1. The molecule has 2 aliphatic carbocycles. The van der Waals surface area contributed by atoms with Crippen LogP contribution in [-0.2, 0) is 4.79 Å². The van der Waals surface area contributed by atoms with Gasteiger partial charge in [-0.05, 0) is 63.3 Å². The van der Waals surface area contributed by atoms with Gasteiger partial charge in [-0.15, -0.1) is 0 Å². The summed E-state index contributed by atoms with van der Waals surface area (Å²) in [7, 11) is 2.16. The van der Waals surface area contributed by atoms with Crippen LogP contribution in [0.5, 0.6) is 0 Å². The largest absolute Gasteiger partial charge is 0.481 e. The summed E-state index contributed by atoms with van der Waals surface area (Å²) < 4.78 is 0. The third-order valence-corrected chi connectivity index (χ3v) is 6.62. The predicted octanol–water partition coefficient (Wildman–Crippen LogP) is 4.02. The summed E-state index contributed by atoms with van der Waals surface area (Å²) in [6.45, 7) is 9.24. The van der Waals surface area contributed by atoms with E-state index < -0.39 is 5.97 Å². The third-order valence-electron chi connectivity index (χ3n) is 6.62. The smallest absolute Gasteiger partial charge is 0.308 e. The van der Waals surface area contributed by atoms with Crippen molar-refractivity contribution in [2.45, 2.75) is 78.3 Å². The highest BCUT2D eigenvalue weighted by Gasteiger charge is 2.44. The zero-order valence-electron chi connectivity index (χ0n) is 14.4. The maximum atomic E-state index is 11.7. The summed E-state index contributed by atoms with van der Waals surface area (Å²) >= 11 is 0. The van der Waals surface area contributed by atoms with Gasteiger partial charge in [-0.25, -0.2) is 0 Å². The van der Waals surface area contributed by atoms with E-state index in [1.54, 1.807) is 0 Å². The Kier molecular flexibility index (Phi) is 5.02. The molecule has 0 amide bonds. The summed E-state index contributed by atoms with van der Waals surface area (Å²) in [5, 5.41) is 9.61. The van der Waals surface area contributed by atoms with Crippen LogP contribution in [0.4, 0.5) is 0 Å². The fraction of sp³-hybridized carbons (Fsp3) is 0.944. The van der Waals surface area contributed by atoms with E-state index in [0.29, 0.717) is 17.4 Å². The van der Waals surface area contributed by atoms with E-state index in [9.17, 15) is 9.90 Å². The van der Waals surface area contributed by atoms with Crippen molar-refractivity contribution in [1.29, 1.82) is 0 Å². The van der Waals surface area contributed by atoms with Gasteiger partial charge in [0, 0.05) is 12.1 Å². The number of carboxylic acids is 1. The molecule has 2 saturated carbocycles. The first kappa shape index (κ1) is 16.8. The second-order valence-corrected chi connectivity index (χ2v) is 8.11. The van der Waals surface area contributed by atoms with Crippen molar-refractivity contribution < 1.29 is 9.90 Å². The van der Waals surface area contributed by atoms with Gasteiger partial charge in [0.05, 0.1) is 5.92 Å². The topological polar surface area (TPSA) is 40.5 Å². The average molecular weight is 295 g/mol. The molecule has 2 rings (SSSR count). The number of hydrogen-bond acceptors (Lipinski definition) is 2. The van der Waals surface area contributed by atoms with Crippen LogP contribution in [0.1, 0.15) is 66.2 Å². The lowest BCUT2D eigenvalue weighted by molar-refractivity contribution is -0.147. The van der Waals surface area contributed by atoms with Crippen molar-refractivity contribution in [1.82, 2.24) is 4.90 Å². The minimum absolute atomic E-state index is 0.180. The molecular weight excluding hydrogens is 262 g/mol. The molecule has 122 valence electrons. The maximum absolute atomic E-state index is 11.7. The Bertz CT molecular complexity index is 375. The van der Waals surface area contributed by atoms with Crippen molar-refractivity contribution in [2.24, 2.45) is 23.2 Å². The molecule has 0 aliphatic heterocycles. The Hall–Kier alpha value is -0.570. The van der Waals surface area contributed by atoms with Crippen molar-refractivity contribution >= 4 is 5.97 Å². The molecule has 3 nitrogen and oxygen atoms in total. The van der Waals surface area contributed by atoms with Crippen molar-refractivity contribution in [2.75, 3.05) is 7.05 Å². The second-order valence-electron chi connectivity index (χ2n) is 8.11. The van der Waals surface area contributed by atoms with Gasteiger partial charge in [0.15, 0.2) is 0 Å². The minimum atomic E-state index is -0.595. The number of carboxylic acid groups (broad SMARTS) is 1. The summed E-state index contributed by atoms with van der Waals surface area (Å²) in [5.41, 5.74) is 0.325. The van der Waals surface area contributed by atoms with Gasteiger partial charge >= 0.3 is 5.97 Å². The van der Waals surface area contributed by atoms with Crippen LogP contribution in [0.15, 0.2) is 0 Å². The lowest BCUT2D eigenvalue weighted by Gasteiger charge is -2.46. The molecule has 4 atom stereocenters. The number of carbonyl (C=O) groups is 1. The first-order valence-corrected chi connectivity index (χ1v) is 8.72. The van der Waals surface area contributed by atoms with Crippen LogP contribution >= 0.6 is 0 Å². The Morgan fingerprint density at radius 2 is 1.90 bits per heavy atom. The molecule has 0 saturated heterocycles. The molecule has 21 heavy (non-hydrogen) atoms. The highest BCUT2D eigenvalue weighted by molar-refractivity contribution is 5.71. The SMILES string of the molecule is CCC(C)(C)C1CCC(C(=O)O)C(N(C)C(C)C2CC2)C1.